The maximum atomic E-state index is 12.0. The molecule has 1 aromatic heterocycles. The molecule has 1 unspecified atom stereocenters. The van der Waals surface area contributed by atoms with Gasteiger partial charge in [0.2, 0.25) is 5.91 Å². The Labute approximate surface area is 169 Å². The zero-order valence-corrected chi connectivity index (χ0v) is 16.7. The number of unbranched alkanes of at least 4 members (excludes halogenated alkanes) is 1. The molecule has 1 atom stereocenters. The van der Waals surface area contributed by atoms with Gasteiger partial charge in [0.1, 0.15) is 11.6 Å². The number of para-hydroxylation sites is 3. The van der Waals surface area contributed by atoms with Crippen molar-refractivity contribution in [1.82, 2.24) is 14.5 Å². The number of fused-ring (bicyclic) bond motifs is 1. The molecule has 0 N–H and O–H groups in total. The summed E-state index contributed by atoms with van der Waals surface area (Å²) >= 11 is 6.13. The first-order valence-corrected chi connectivity index (χ1v) is 10.1. The number of imidazole rings is 1. The minimum absolute atomic E-state index is 0.157. The summed E-state index contributed by atoms with van der Waals surface area (Å²) in [5.41, 5.74) is 2.12. The molecule has 146 valence electrons. The fourth-order valence-electron chi connectivity index (χ4n) is 3.79. The van der Waals surface area contributed by atoms with Gasteiger partial charge in [-0.05, 0) is 37.1 Å². The molecule has 1 fully saturated rings. The molecule has 5 nitrogen and oxygen atoms in total. The van der Waals surface area contributed by atoms with E-state index in [9.17, 15) is 4.79 Å². The van der Waals surface area contributed by atoms with E-state index < -0.39 is 0 Å². The lowest BCUT2D eigenvalue weighted by Gasteiger charge is -2.14. The highest BCUT2D eigenvalue weighted by molar-refractivity contribution is 6.32. The van der Waals surface area contributed by atoms with E-state index in [4.69, 9.17) is 21.3 Å². The summed E-state index contributed by atoms with van der Waals surface area (Å²) in [6.45, 7) is 2.21. The Kier molecular flexibility index (Phi) is 5.53. The summed E-state index contributed by atoms with van der Waals surface area (Å²) in [6, 6.07) is 15.7. The van der Waals surface area contributed by atoms with Crippen LogP contribution in [0.4, 0.5) is 0 Å². The number of hydrogen-bond acceptors (Lipinski definition) is 3. The highest BCUT2D eigenvalue weighted by atomic mass is 35.5. The van der Waals surface area contributed by atoms with Crippen molar-refractivity contribution >= 4 is 28.5 Å². The smallest absolute Gasteiger partial charge is 0.223 e. The van der Waals surface area contributed by atoms with Gasteiger partial charge in [-0.25, -0.2) is 4.98 Å². The highest BCUT2D eigenvalue weighted by Crippen LogP contribution is 2.30. The number of aromatic nitrogens is 2. The molecular weight excluding hydrogens is 374 g/mol. The Morgan fingerprint density at radius 2 is 1.93 bits per heavy atom. The van der Waals surface area contributed by atoms with Crippen molar-refractivity contribution in [3.63, 3.8) is 0 Å². The number of amides is 1. The number of benzene rings is 2. The van der Waals surface area contributed by atoms with Gasteiger partial charge < -0.3 is 14.2 Å². The van der Waals surface area contributed by atoms with Crippen molar-refractivity contribution in [2.45, 2.75) is 31.7 Å². The number of likely N-dealkylation sites (N-methyl/N-ethyl adjacent to an activating group) is 1. The van der Waals surface area contributed by atoms with Crippen LogP contribution in [0.1, 0.15) is 31.0 Å². The molecule has 4 rings (SSSR count). The third kappa shape index (κ3) is 3.85. The average molecular weight is 398 g/mol. The molecule has 1 aliphatic heterocycles. The summed E-state index contributed by atoms with van der Waals surface area (Å²) in [7, 11) is 1.86. The lowest BCUT2D eigenvalue weighted by atomic mass is 10.1. The average Bonchev–Trinajstić information content (AvgIpc) is 3.23. The molecule has 0 saturated carbocycles. The maximum Gasteiger partial charge on any atom is 0.223 e. The van der Waals surface area contributed by atoms with Crippen molar-refractivity contribution in [3.05, 3.63) is 59.4 Å². The van der Waals surface area contributed by atoms with Gasteiger partial charge >= 0.3 is 0 Å². The first-order valence-electron chi connectivity index (χ1n) is 9.70. The molecule has 2 heterocycles. The van der Waals surface area contributed by atoms with Crippen LogP contribution in [0.25, 0.3) is 11.0 Å². The third-order valence-electron chi connectivity index (χ3n) is 5.26. The van der Waals surface area contributed by atoms with Crippen LogP contribution in [0.15, 0.2) is 48.5 Å². The van der Waals surface area contributed by atoms with Gasteiger partial charge in [0, 0.05) is 32.5 Å². The van der Waals surface area contributed by atoms with E-state index in [1.54, 1.807) is 4.90 Å². The van der Waals surface area contributed by atoms with Gasteiger partial charge in [0.15, 0.2) is 0 Å². The van der Waals surface area contributed by atoms with E-state index in [1.165, 1.54) is 0 Å². The predicted molar refractivity (Wildman–Crippen MR) is 111 cm³/mol. The number of aryl methyl sites for hydroxylation is 1. The van der Waals surface area contributed by atoms with Crippen molar-refractivity contribution in [3.8, 4) is 5.75 Å². The van der Waals surface area contributed by atoms with Crippen LogP contribution in [0.3, 0.4) is 0 Å². The van der Waals surface area contributed by atoms with Crippen LogP contribution in [-0.2, 0) is 11.3 Å². The standard InChI is InChI=1S/C22H24ClN3O2/c1-25-15-16(14-21(25)27)22-24-18-9-3-4-10-19(18)26(22)12-6-7-13-28-20-11-5-2-8-17(20)23/h2-5,8-11,16H,6-7,12-15H2,1H3. The largest absolute Gasteiger partial charge is 0.492 e. The molecule has 1 amide bonds. The van der Waals surface area contributed by atoms with Crippen LogP contribution < -0.4 is 4.74 Å². The number of ether oxygens (including phenoxy) is 1. The van der Waals surface area contributed by atoms with Gasteiger partial charge in [-0.15, -0.1) is 0 Å². The number of carbonyl (C=O) groups excluding carboxylic acids is 1. The molecule has 1 saturated heterocycles. The summed E-state index contributed by atoms with van der Waals surface area (Å²) < 4.78 is 8.07. The van der Waals surface area contributed by atoms with Crippen LogP contribution in [0.5, 0.6) is 5.75 Å². The minimum Gasteiger partial charge on any atom is -0.492 e. The molecule has 0 bridgehead atoms. The Morgan fingerprint density at radius 1 is 1.14 bits per heavy atom. The SMILES string of the molecule is CN1CC(c2nc3ccccc3n2CCCCOc2ccccc2Cl)CC1=O. The number of carbonyl (C=O) groups is 1. The van der Waals surface area contributed by atoms with Gasteiger partial charge in [-0.3, -0.25) is 4.79 Å². The molecule has 28 heavy (non-hydrogen) atoms. The van der Waals surface area contributed by atoms with Crippen molar-refractivity contribution in [1.29, 1.82) is 0 Å². The van der Waals surface area contributed by atoms with E-state index in [1.807, 2.05) is 49.5 Å². The number of likely N-dealkylation sites (tertiary alicyclic amines) is 1. The molecule has 0 radical (unpaired) electrons. The van der Waals surface area contributed by atoms with E-state index in [2.05, 4.69) is 10.6 Å². The van der Waals surface area contributed by atoms with Gasteiger partial charge in [0.05, 0.1) is 22.7 Å². The second-order valence-electron chi connectivity index (χ2n) is 7.27. The Bertz CT molecular complexity index is 985. The Morgan fingerprint density at radius 3 is 2.71 bits per heavy atom. The molecule has 0 aliphatic carbocycles. The summed E-state index contributed by atoms with van der Waals surface area (Å²) in [6.07, 6.45) is 2.42. The molecule has 1 aliphatic rings. The predicted octanol–water partition coefficient (Wildman–Crippen LogP) is 4.49. The van der Waals surface area contributed by atoms with Gasteiger partial charge in [-0.2, -0.15) is 0 Å². The quantitative estimate of drug-likeness (QED) is 0.551. The normalized spacial score (nSPS) is 16.9. The van der Waals surface area contributed by atoms with Crippen LogP contribution in [0, 0.1) is 0 Å². The minimum atomic E-state index is 0.157. The van der Waals surface area contributed by atoms with Crippen LogP contribution in [0.2, 0.25) is 5.02 Å². The van der Waals surface area contributed by atoms with Crippen molar-refractivity contribution in [2.24, 2.45) is 0 Å². The van der Waals surface area contributed by atoms with E-state index >= 15 is 0 Å². The van der Waals surface area contributed by atoms with Gasteiger partial charge in [-0.1, -0.05) is 35.9 Å². The monoisotopic (exact) mass is 397 g/mol. The fraction of sp³-hybridized carbons (Fsp3) is 0.364. The zero-order chi connectivity index (χ0) is 19.5. The molecule has 6 heteroatoms. The number of halogens is 1. The van der Waals surface area contributed by atoms with E-state index in [-0.39, 0.29) is 11.8 Å². The van der Waals surface area contributed by atoms with Crippen molar-refractivity contribution in [2.75, 3.05) is 20.2 Å². The summed E-state index contributed by atoms with van der Waals surface area (Å²) in [5, 5.41) is 0.639. The molecule has 2 aromatic carbocycles. The fourth-order valence-corrected chi connectivity index (χ4v) is 3.98. The summed E-state index contributed by atoms with van der Waals surface area (Å²) in [5.74, 6) is 2.09. The maximum absolute atomic E-state index is 12.0. The first-order chi connectivity index (χ1) is 13.6. The van der Waals surface area contributed by atoms with Crippen LogP contribution in [-0.4, -0.2) is 40.6 Å². The van der Waals surface area contributed by atoms with Gasteiger partial charge in [0.25, 0.3) is 0 Å². The van der Waals surface area contributed by atoms with Crippen molar-refractivity contribution < 1.29 is 9.53 Å². The first kappa shape index (κ1) is 18.8. The second kappa shape index (κ2) is 8.23. The molecule has 0 spiro atoms. The Balaban J connectivity index is 1.43. The third-order valence-corrected chi connectivity index (χ3v) is 5.57. The van der Waals surface area contributed by atoms with E-state index in [0.29, 0.717) is 18.1 Å². The Hall–Kier alpha value is -2.53. The topological polar surface area (TPSA) is 47.4 Å². The highest BCUT2D eigenvalue weighted by Gasteiger charge is 2.31. The van der Waals surface area contributed by atoms with Crippen LogP contribution >= 0.6 is 11.6 Å². The molecule has 3 aromatic rings. The number of rotatable bonds is 7. The number of nitrogens with zero attached hydrogens (tertiary/aromatic N) is 3. The summed E-state index contributed by atoms with van der Waals surface area (Å²) in [4.78, 5) is 18.7. The molecular formula is C22H24ClN3O2. The zero-order valence-electron chi connectivity index (χ0n) is 16.0. The van der Waals surface area contributed by atoms with E-state index in [0.717, 1.165) is 48.5 Å². The number of hydrogen-bond donors (Lipinski definition) is 0. The lowest BCUT2D eigenvalue weighted by molar-refractivity contribution is -0.126. The lowest BCUT2D eigenvalue weighted by Crippen LogP contribution is -2.19. The second-order valence-corrected chi connectivity index (χ2v) is 7.68.